The molecular weight excluding hydrogens is 405 g/mol. The van der Waals surface area contributed by atoms with Gasteiger partial charge < -0.3 is 4.74 Å². The number of benzene rings is 2. The molecule has 0 spiro atoms. The molecule has 2 aromatic carbocycles. The van der Waals surface area contributed by atoms with Crippen molar-refractivity contribution in [2.75, 3.05) is 7.11 Å². The molecule has 1 N–H and O–H groups in total. The molecule has 0 radical (unpaired) electrons. The van der Waals surface area contributed by atoms with Crippen molar-refractivity contribution in [3.8, 4) is 5.75 Å². The largest absolute Gasteiger partial charge is 0.496 e. The zero-order valence-corrected chi connectivity index (χ0v) is 13.6. The smallest absolute Gasteiger partial charge is 0.271 e. The van der Waals surface area contributed by atoms with E-state index in [1.54, 1.807) is 18.2 Å². The molecule has 0 aromatic heterocycles. The second kappa shape index (κ2) is 7.30. The first kappa shape index (κ1) is 16.3. The molecule has 1 amide bonds. The summed E-state index contributed by atoms with van der Waals surface area (Å²) in [6.45, 7) is 0. The minimum Gasteiger partial charge on any atom is -0.496 e. The van der Waals surface area contributed by atoms with Gasteiger partial charge in [0.2, 0.25) is 0 Å². The third kappa shape index (κ3) is 3.79. The van der Waals surface area contributed by atoms with E-state index in [4.69, 9.17) is 4.74 Å². The molecule has 0 fully saturated rings. The van der Waals surface area contributed by atoms with Crippen molar-refractivity contribution in [3.63, 3.8) is 0 Å². The number of methoxy groups -OCH3 is 1. The van der Waals surface area contributed by atoms with Crippen molar-refractivity contribution in [2.24, 2.45) is 5.10 Å². The van der Waals surface area contributed by atoms with Gasteiger partial charge in [-0.25, -0.2) is 14.2 Å². The molecule has 0 aliphatic heterocycles. The molecule has 2 rings (SSSR count). The molecule has 22 heavy (non-hydrogen) atoms. The van der Waals surface area contributed by atoms with Gasteiger partial charge in [0.1, 0.15) is 5.75 Å². The van der Waals surface area contributed by atoms with Gasteiger partial charge in [0.15, 0.2) is 11.6 Å². The minimum atomic E-state index is -1.01. The molecule has 0 bridgehead atoms. The number of carbonyl (C=O) groups is 1. The molecule has 114 valence electrons. The van der Waals surface area contributed by atoms with E-state index in [1.165, 1.54) is 19.2 Å². The maximum absolute atomic E-state index is 13.4. The van der Waals surface area contributed by atoms with Gasteiger partial charge in [0.05, 0.1) is 16.9 Å². The Morgan fingerprint density at radius 2 is 2.09 bits per heavy atom. The van der Waals surface area contributed by atoms with Crippen LogP contribution in [0, 0.1) is 15.2 Å². The maximum atomic E-state index is 13.4. The SMILES string of the molecule is COc1ccc(C(=O)NN=Cc2cccc(F)c2F)cc1I. The number of rotatable bonds is 4. The summed E-state index contributed by atoms with van der Waals surface area (Å²) >= 11 is 2.04. The molecule has 0 aliphatic rings. The molecule has 7 heteroatoms. The Morgan fingerprint density at radius 3 is 2.77 bits per heavy atom. The van der Waals surface area contributed by atoms with Crippen LogP contribution in [-0.2, 0) is 0 Å². The van der Waals surface area contributed by atoms with Crippen molar-refractivity contribution >= 4 is 34.7 Å². The Hall–Kier alpha value is -2.03. The third-order valence-electron chi connectivity index (χ3n) is 2.77. The molecule has 0 aliphatic carbocycles. The molecule has 0 saturated carbocycles. The molecule has 0 unspecified atom stereocenters. The van der Waals surface area contributed by atoms with Crippen LogP contribution < -0.4 is 10.2 Å². The fourth-order valence-corrected chi connectivity index (χ4v) is 2.39. The van der Waals surface area contributed by atoms with Gasteiger partial charge in [-0.2, -0.15) is 5.10 Å². The van der Waals surface area contributed by atoms with Crippen LogP contribution in [0.4, 0.5) is 8.78 Å². The van der Waals surface area contributed by atoms with E-state index in [0.29, 0.717) is 11.3 Å². The van der Waals surface area contributed by atoms with Crippen molar-refractivity contribution in [1.82, 2.24) is 5.43 Å². The highest BCUT2D eigenvalue weighted by Gasteiger charge is 2.08. The average molecular weight is 416 g/mol. The summed E-state index contributed by atoms with van der Waals surface area (Å²) in [6.07, 6.45) is 1.05. The van der Waals surface area contributed by atoms with E-state index in [1.807, 2.05) is 22.6 Å². The van der Waals surface area contributed by atoms with E-state index in [9.17, 15) is 13.6 Å². The minimum absolute atomic E-state index is 0.0513. The monoisotopic (exact) mass is 416 g/mol. The zero-order valence-electron chi connectivity index (χ0n) is 11.4. The van der Waals surface area contributed by atoms with Gasteiger partial charge in [-0.1, -0.05) is 12.1 Å². The van der Waals surface area contributed by atoms with Crippen LogP contribution in [0.3, 0.4) is 0 Å². The lowest BCUT2D eigenvalue weighted by Crippen LogP contribution is -2.17. The number of amides is 1. The number of hydrogen-bond acceptors (Lipinski definition) is 3. The third-order valence-corrected chi connectivity index (χ3v) is 3.61. The summed E-state index contributed by atoms with van der Waals surface area (Å²) < 4.78 is 32.3. The predicted octanol–water partition coefficient (Wildman–Crippen LogP) is 3.34. The van der Waals surface area contributed by atoms with Crippen LogP contribution in [0.5, 0.6) is 5.75 Å². The van der Waals surface area contributed by atoms with Crippen molar-refractivity contribution in [3.05, 3.63) is 62.7 Å². The zero-order chi connectivity index (χ0) is 16.1. The predicted molar refractivity (Wildman–Crippen MR) is 87.1 cm³/mol. The van der Waals surface area contributed by atoms with Crippen LogP contribution >= 0.6 is 22.6 Å². The van der Waals surface area contributed by atoms with Crippen molar-refractivity contribution < 1.29 is 18.3 Å². The molecule has 4 nitrogen and oxygen atoms in total. The number of halogens is 3. The van der Waals surface area contributed by atoms with E-state index in [0.717, 1.165) is 15.9 Å². The fraction of sp³-hybridized carbons (Fsp3) is 0.0667. The van der Waals surface area contributed by atoms with Crippen LogP contribution in [-0.4, -0.2) is 19.2 Å². The van der Waals surface area contributed by atoms with Gasteiger partial charge in [-0.15, -0.1) is 0 Å². The number of hydrazone groups is 1. The second-order valence-electron chi connectivity index (χ2n) is 4.19. The number of carbonyl (C=O) groups excluding carboxylic acids is 1. The Labute approximate surface area is 139 Å². The lowest BCUT2D eigenvalue weighted by molar-refractivity contribution is 0.0955. The van der Waals surface area contributed by atoms with Crippen molar-refractivity contribution in [1.29, 1.82) is 0 Å². The highest BCUT2D eigenvalue weighted by molar-refractivity contribution is 14.1. The normalized spacial score (nSPS) is 10.7. The van der Waals surface area contributed by atoms with Crippen molar-refractivity contribution in [2.45, 2.75) is 0 Å². The first-order valence-corrected chi connectivity index (χ1v) is 7.21. The lowest BCUT2D eigenvalue weighted by Gasteiger charge is -2.05. The number of nitrogens with one attached hydrogen (secondary N) is 1. The Kier molecular flexibility index (Phi) is 5.42. The van der Waals surface area contributed by atoms with Crippen LogP contribution in [0.15, 0.2) is 41.5 Å². The maximum Gasteiger partial charge on any atom is 0.271 e. The standard InChI is InChI=1S/C15H11F2IN2O2/c1-22-13-6-5-9(7-12(13)18)15(21)20-19-8-10-3-2-4-11(16)14(10)17/h2-8H,1H3,(H,20,21). The first-order chi connectivity index (χ1) is 10.5. The molecule has 2 aromatic rings. The molecule has 0 atom stereocenters. The summed E-state index contributed by atoms with van der Waals surface area (Å²) in [7, 11) is 1.54. The summed E-state index contributed by atoms with van der Waals surface area (Å²) in [5.41, 5.74) is 2.58. The van der Waals surface area contributed by atoms with Crippen LogP contribution in [0.1, 0.15) is 15.9 Å². The molecule has 0 heterocycles. The van der Waals surface area contributed by atoms with E-state index >= 15 is 0 Å². The average Bonchev–Trinajstić information content (AvgIpc) is 2.51. The van der Waals surface area contributed by atoms with Crippen LogP contribution in [0.2, 0.25) is 0 Å². The Morgan fingerprint density at radius 1 is 1.32 bits per heavy atom. The molecule has 0 saturated heterocycles. The van der Waals surface area contributed by atoms with Gasteiger partial charge in [0.25, 0.3) is 5.91 Å². The van der Waals surface area contributed by atoms with Gasteiger partial charge in [-0.3, -0.25) is 4.79 Å². The highest BCUT2D eigenvalue weighted by atomic mass is 127. The summed E-state index contributed by atoms with van der Waals surface area (Å²) in [4.78, 5) is 11.9. The fourth-order valence-electron chi connectivity index (χ4n) is 1.65. The van der Waals surface area contributed by atoms with E-state index in [-0.39, 0.29) is 5.56 Å². The van der Waals surface area contributed by atoms with Gasteiger partial charge >= 0.3 is 0 Å². The number of nitrogens with zero attached hydrogens (tertiary/aromatic N) is 1. The Bertz CT molecular complexity index is 735. The van der Waals surface area contributed by atoms with E-state index in [2.05, 4.69) is 10.5 Å². The second-order valence-corrected chi connectivity index (χ2v) is 5.35. The van der Waals surface area contributed by atoms with Gasteiger partial charge in [0, 0.05) is 11.1 Å². The number of ether oxygens (including phenoxy) is 1. The quantitative estimate of drug-likeness (QED) is 0.473. The summed E-state index contributed by atoms with van der Waals surface area (Å²) in [5, 5.41) is 3.63. The lowest BCUT2D eigenvalue weighted by atomic mass is 10.2. The summed E-state index contributed by atoms with van der Waals surface area (Å²) in [6, 6.07) is 8.58. The first-order valence-electron chi connectivity index (χ1n) is 6.14. The number of hydrogen-bond donors (Lipinski definition) is 1. The molecular formula is C15H11F2IN2O2. The van der Waals surface area contributed by atoms with Crippen LogP contribution in [0.25, 0.3) is 0 Å². The topological polar surface area (TPSA) is 50.7 Å². The van der Waals surface area contributed by atoms with Gasteiger partial charge in [-0.05, 0) is 46.9 Å². The summed E-state index contributed by atoms with van der Waals surface area (Å²) in [5.74, 6) is -1.80. The highest BCUT2D eigenvalue weighted by Crippen LogP contribution is 2.21. The Balaban J connectivity index is 2.08. The van der Waals surface area contributed by atoms with E-state index < -0.39 is 17.5 Å².